The highest BCUT2D eigenvalue weighted by Gasteiger charge is 2.11. The van der Waals surface area contributed by atoms with E-state index in [-0.39, 0.29) is 11.6 Å². The van der Waals surface area contributed by atoms with Crippen LogP contribution in [0.1, 0.15) is 0 Å². The van der Waals surface area contributed by atoms with Crippen molar-refractivity contribution in [2.24, 2.45) is 0 Å². The van der Waals surface area contributed by atoms with Gasteiger partial charge in [0.25, 0.3) is 0 Å². The molecule has 1 aromatic heterocycles. The van der Waals surface area contributed by atoms with E-state index in [0.717, 1.165) is 0 Å². The molecular weight excluding hydrogens is 247 g/mol. The number of H-pyrrole nitrogens is 1. The molecule has 3 rings (SSSR count). The highest BCUT2D eigenvalue weighted by Crippen LogP contribution is 2.32. The van der Waals surface area contributed by atoms with Crippen LogP contribution in [-0.4, -0.2) is 22.2 Å². The third kappa shape index (κ3) is 1.99. The summed E-state index contributed by atoms with van der Waals surface area (Å²) in [6, 6.07) is 9.15. The van der Waals surface area contributed by atoms with Gasteiger partial charge in [-0.05, 0) is 36.4 Å². The van der Waals surface area contributed by atoms with Crippen LogP contribution in [0.25, 0.3) is 22.4 Å². The van der Waals surface area contributed by atoms with Crippen molar-refractivity contribution in [1.29, 1.82) is 0 Å². The lowest BCUT2D eigenvalue weighted by Gasteiger charge is -2.04. The first-order chi connectivity index (χ1) is 9.17. The normalized spacial score (nSPS) is 10.8. The summed E-state index contributed by atoms with van der Waals surface area (Å²) < 4.78 is 18.2. The molecule has 0 amide bonds. The van der Waals surface area contributed by atoms with Crippen LogP contribution in [0.15, 0.2) is 36.4 Å². The first-order valence-electron chi connectivity index (χ1n) is 5.70. The largest absolute Gasteiger partial charge is 0.507 e. The standard InChI is InChI=1S/C14H11FN2O2/c1-19-9-3-5-13(18)10(7-9)14-16-11-4-2-8(15)6-12(11)17-14/h2-7,18H,1H3,(H,16,17). The van der Waals surface area contributed by atoms with Gasteiger partial charge in [-0.2, -0.15) is 0 Å². The summed E-state index contributed by atoms with van der Waals surface area (Å²) in [7, 11) is 1.55. The van der Waals surface area contributed by atoms with Crippen LogP contribution in [0.5, 0.6) is 11.5 Å². The van der Waals surface area contributed by atoms with E-state index in [0.29, 0.717) is 28.2 Å². The number of nitrogens with zero attached hydrogens (tertiary/aromatic N) is 1. The first-order valence-corrected chi connectivity index (χ1v) is 5.70. The molecule has 0 aliphatic heterocycles. The molecule has 0 saturated carbocycles. The number of aromatic hydroxyl groups is 1. The SMILES string of the molecule is COc1ccc(O)c(-c2nc3ccc(F)cc3[nH]2)c1. The average Bonchev–Trinajstić information content (AvgIpc) is 2.82. The maximum Gasteiger partial charge on any atom is 0.142 e. The number of hydrogen-bond donors (Lipinski definition) is 2. The minimum Gasteiger partial charge on any atom is -0.507 e. The lowest BCUT2D eigenvalue weighted by molar-refractivity contribution is 0.412. The molecule has 0 spiro atoms. The Morgan fingerprint density at radius 2 is 2.05 bits per heavy atom. The Bertz CT molecular complexity index is 752. The highest BCUT2D eigenvalue weighted by molar-refractivity contribution is 5.80. The second kappa shape index (κ2) is 4.28. The molecule has 3 aromatic rings. The van der Waals surface area contributed by atoms with Crippen molar-refractivity contribution < 1.29 is 14.2 Å². The maximum atomic E-state index is 13.1. The molecule has 2 aromatic carbocycles. The van der Waals surface area contributed by atoms with Gasteiger partial charge >= 0.3 is 0 Å². The van der Waals surface area contributed by atoms with Crippen LogP contribution < -0.4 is 4.74 Å². The van der Waals surface area contributed by atoms with Crippen molar-refractivity contribution in [3.63, 3.8) is 0 Å². The van der Waals surface area contributed by atoms with Crippen molar-refractivity contribution in [3.8, 4) is 22.9 Å². The number of methoxy groups -OCH3 is 1. The van der Waals surface area contributed by atoms with Gasteiger partial charge in [-0.1, -0.05) is 0 Å². The predicted molar refractivity (Wildman–Crippen MR) is 69.7 cm³/mol. The molecular formula is C14H11FN2O2. The Balaban J connectivity index is 2.18. The number of aromatic nitrogens is 2. The molecule has 0 saturated heterocycles. The quantitative estimate of drug-likeness (QED) is 0.742. The minimum atomic E-state index is -0.336. The zero-order valence-corrected chi connectivity index (χ0v) is 10.1. The average molecular weight is 258 g/mol. The number of phenolic OH excluding ortho intramolecular Hbond substituents is 1. The van der Waals surface area contributed by atoms with E-state index >= 15 is 0 Å². The highest BCUT2D eigenvalue weighted by atomic mass is 19.1. The van der Waals surface area contributed by atoms with E-state index < -0.39 is 0 Å². The second-order valence-electron chi connectivity index (χ2n) is 4.13. The number of ether oxygens (including phenoxy) is 1. The number of aromatic amines is 1. The molecule has 2 N–H and O–H groups in total. The molecule has 0 bridgehead atoms. The fourth-order valence-electron chi connectivity index (χ4n) is 1.94. The topological polar surface area (TPSA) is 58.1 Å². The van der Waals surface area contributed by atoms with Crippen molar-refractivity contribution >= 4 is 11.0 Å². The summed E-state index contributed by atoms with van der Waals surface area (Å²) in [6.07, 6.45) is 0. The minimum absolute atomic E-state index is 0.0836. The van der Waals surface area contributed by atoms with E-state index in [1.54, 1.807) is 25.3 Å². The number of hydrogen-bond acceptors (Lipinski definition) is 3. The maximum absolute atomic E-state index is 13.1. The van der Waals surface area contributed by atoms with Gasteiger partial charge in [0.1, 0.15) is 23.1 Å². The third-order valence-electron chi connectivity index (χ3n) is 2.90. The van der Waals surface area contributed by atoms with E-state index in [2.05, 4.69) is 9.97 Å². The van der Waals surface area contributed by atoms with E-state index in [1.165, 1.54) is 18.2 Å². The Morgan fingerprint density at radius 1 is 1.21 bits per heavy atom. The van der Waals surface area contributed by atoms with Gasteiger partial charge in [-0.25, -0.2) is 9.37 Å². The summed E-state index contributed by atoms with van der Waals surface area (Å²) >= 11 is 0. The Morgan fingerprint density at radius 3 is 2.84 bits per heavy atom. The number of rotatable bonds is 2. The van der Waals surface area contributed by atoms with Gasteiger partial charge < -0.3 is 14.8 Å². The third-order valence-corrected chi connectivity index (χ3v) is 2.90. The molecule has 0 radical (unpaired) electrons. The van der Waals surface area contributed by atoms with E-state index in [1.807, 2.05) is 0 Å². The van der Waals surface area contributed by atoms with Crippen LogP contribution in [0.3, 0.4) is 0 Å². The number of fused-ring (bicyclic) bond motifs is 1. The molecule has 96 valence electrons. The van der Waals surface area contributed by atoms with Crippen LogP contribution in [0, 0.1) is 5.82 Å². The smallest absolute Gasteiger partial charge is 0.142 e. The number of nitrogens with one attached hydrogen (secondary N) is 1. The van der Waals surface area contributed by atoms with Gasteiger partial charge in [0.15, 0.2) is 0 Å². The fraction of sp³-hybridized carbons (Fsp3) is 0.0714. The van der Waals surface area contributed by atoms with Gasteiger partial charge in [0.2, 0.25) is 0 Å². The second-order valence-corrected chi connectivity index (χ2v) is 4.13. The molecule has 0 atom stereocenters. The van der Waals surface area contributed by atoms with Crippen LogP contribution in [0.2, 0.25) is 0 Å². The summed E-state index contributed by atoms with van der Waals surface area (Å²) in [5.41, 5.74) is 1.73. The number of phenols is 1. The molecule has 4 nitrogen and oxygen atoms in total. The van der Waals surface area contributed by atoms with E-state index in [4.69, 9.17) is 4.74 Å². The van der Waals surface area contributed by atoms with Crippen LogP contribution >= 0.6 is 0 Å². The van der Waals surface area contributed by atoms with Crippen molar-refractivity contribution in [2.45, 2.75) is 0 Å². The zero-order valence-electron chi connectivity index (χ0n) is 10.1. The number of halogens is 1. The molecule has 19 heavy (non-hydrogen) atoms. The predicted octanol–water partition coefficient (Wildman–Crippen LogP) is 3.08. The zero-order chi connectivity index (χ0) is 13.4. The molecule has 0 fully saturated rings. The van der Waals surface area contributed by atoms with Gasteiger partial charge in [-0.15, -0.1) is 0 Å². The number of benzene rings is 2. The van der Waals surface area contributed by atoms with Gasteiger partial charge in [0.05, 0.1) is 23.7 Å². The van der Waals surface area contributed by atoms with Gasteiger partial charge in [-0.3, -0.25) is 0 Å². The monoisotopic (exact) mass is 258 g/mol. The Hall–Kier alpha value is -2.56. The summed E-state index contributed by atoms with van der Waals surface area (Å²) in [5, 5.41) is 9.87. The molecule has 0 aliphatic carbocycles. The number of imidazole rings is 1. The van der Waals surface area contributed by atoms with Crippen LogP contribution in [-0.2, 0) is 0 Å². The molecule has 5 heteroatoms. The van der Waals surface area contributed by atoms with Crippen molar-refractivity contribution in [3.05, 3.63) is 42.2 Å². The molecule has 1 heterocycles. The Labute approximate surface area is 108 Å². The van der Waals surface area contributed by atoms with Crippen molar-refractivity contribution in [1.82, 2.24) is 9.97 Å². The Kier molecular flexibility index (Phi) is 2.59. The summed E-state index contributed by atoms with van der Waals surface area (Å²) in [6.45, 7) is 0. The van der Waals surface area contributed by atoms with E-state index in [9.17, 15) is 9.50 Å². The van der Waals surface area contributed by atoms with Crippen molar-refractivity contribution in [2.75, 3.05) is 7.11 Å². The lowest BCUT2D eigenvalue weighted by Crippen LogP contribution is -1.86. The lowest BCUT2D eigenvalue weighted by atomic mass is 10.2. The van der Waals surface area contributed by atoms with Gasteiger partial charge in [0, 0.05) is 0 Å². The van der Waals surface area contributed by atoms with Crippen LogP contribution in [0.4, 0.5) is 4.39 Å². The first kappa shape index (κ1) is 11.5. The summed E-state index contributed by atoms with van der Waals surface area (Å²) in [5.74, 6) is 0.828. The molecule has 0 unspecified atom stereocenters. The summed E-state index contributed by atoms with van der Waals surface area (Å²) in [4.78, 5) is 7.30. The molecule has 0 aliphatic rings. The fourth-order valence-corrected chi connectivity index (χ4v) is 1.94.